The van der Waals surface area contributed by atoms with E-state index in [1.165, 1.54) is 0 Å². The molecule has 0 saturated carbocycles. The van der Waals surface area contributed by atoms with Crippen LogP contribution in [0, 0.1) is 6.92 Å². The lowest BCUT2D eigenvalue weighted by Crippen LogP contribution is -2.53. The SMILES string of the molecule is Cc1ccc(/C(N)=N/O)cc1NC(=O)C1(C)CN=C2C=CC=CN21. The number of amides is 1. The van der Waals surface area contributed by atoms with Gasteiger partial charge in [-0.2, -0.15) is 0 Å². The van der Waals surface area contributed by atoms with Crippen molar-refractivity contribution in [3.05, 3.63) is 53.8 Å². The first-order chi connectivity index (χ1) is 11.5. The molecule has 1 unspecified atom stereocenters. The molecule has 2 aliphatic rings. The number of rotatable bonds is 3. The van der Waals surface area contributed by atoms with Gasteiger partial charge in [0.05, 0.1) is 6.54 Å². The summed E-state index contributed by atoms with van der Waals surface area (Å²) in [7, 11) is 0. The van der Waals surface area contributed by atoms with Gasteiger partial charge < -0.3 is 21.2 Å². The van der Waals surface area contributed by atoms with Gasteiger partial charge >= 0.3 is 0 Å². The van der Waals surface area contributed by atoms with Gasteiger partial charge in [0, 0.05) is 17.5 Å². The van der Waals surface area contributed by atoms with Crippen molar-refractivity contribution in [2.24, 2.45) is 15.9 Å². The van der Waals surface area contributed by atoms with Gasteiger partial charge in [0.15, 0.2) is 5.84 Å². The highest BCUT2D eigenvalue weighted by Crippen LogP contribution is 2.28. The largest absolute Gasteiger partial charge is 0.409 e. The van der Waals surface area contributed by atoms with Gasteiger partial charge in [-0.1, -0.05) is 23.4 Å². The van der Waals surface area contributed by atoms with E-state index >= 15 is 0 Å². The monoisotopic (exact) mass is 325 g/mol. The fourth-order valence-electron chi connectivity index (χ4n) is 2.70. The van der Waals surface area contributed by atoms with Crippen molar-refractivity contribution in [2.75, 3.05) is 11.9 Å². The number of benzene rings is 1. The fraction of sp³-hybridized carbons (Fsp3) is 0.235. The molecule has 0 aromatic heterocycles. The first-order valence-corrected chi connectivity index (χ1v) is 7.54. The Bertz CT molecular complexity index is 809. The van der Waals surface area contributed by atoms with Crippen LogP contribution in [0.5, 0.6) is 0 Å². The van der Waals surface area contributed by atoms with E-state index in [1.807, 2.05) is 49.2 Å². The van der Waals surface area contributed by atoms with Crippen molar-refractivity contribution in [1.29, 1.82) is 0 Å². The number of carbonyl (C=O) groups is 1. The highest BCUT2D eigenvalue weighted by Gasteiger charge is 2.44. The van der Waals surface area contributed by atoms with Gasteiger partial charge in [0.1, 0.15) is 11.4 Å². The third-order valence-electron chi connectivity index (χ3n) is 4.30. The van der Waals surface area contributed by atoms with Crippen LogP contribution in [-0.2, 0) is 4.79 Å². The summed E-state index contributed by atoms with van der Waals surface area (Å²) in [5, 5.41) is 14.7. The second-order valence-corrected chi connectivity index (χ2v) is 5.99. The zero-order valence-electron chi connectivity index (χ0n) is 13.5. The van der Waals surface area contributed by atoms with Crippen molar-refractivity contribution in [1.82, 2.24) is 4.90 Å². The van der Waals surface area contributed by atoms with Crippen molar-refractivity contribution >= 4 is 23.3 Å². The Balaban J connectivity index is 1.85. The van der Waals surface area contributed by atoms with Crippen LogP contribution >= 0.6 is 0 Å². The molecule has 4 N–H and O–H groups in total. The van der Waals surface area contributed by atoms with Crippen molar-refractivity contribution in [3.8, 4) is 0 Å². The Hall–Kier alpha value is -3.09. The molecule has 0 aliphatic carbocycles. The van der Waals surface area contributed by atoms with E-state index in [0.717, 1.165) is 11.4 Å². The molecule has 1 amide bonds. The summed E-state index contributed by atoms with van der Waals surface area (Å²) < 4.78 is 0. The number of fused-ring (bicyclic) bond motifs is 1. The number of nitrogens with two attached hydrogens (primary N) is 1. The number of amidine groups is 2. The minimum atomic E-state index is -0.796. The van der Waals surface area contributed by atoms with Crippen molar-refractivity contribution in [2.45, 2.75) is 19.4 Å². The Labute approximate surface area is 139 Å². The molecular weight excluding hydrogens is 306 g/mol. The van der Waals surface area contributed by atoms with Crippen LogP contribution in [0.25, 0.3) is 0 Å². The number of nitrogens with zero attached hydrogens (tertiary/aromatic N) is 3. The molecule has 24 heavy (non-hydrogen) atoms. The molecule has 0 spiro atoms. The summed E-state index contributed by atoms with van der Waals surface area (Å²) in [4.78, 5) is 19.2. The number of oxime groups is 1. The molecular formula is C17H19N5O2. The standard InChI is InChI=1S/C17H19N5O2/c1-11-6-7-12(15(18)21-24)9-13(11)20-16(23)17(2)10-19-14-5-3-4-8-22(14)17/h3-9,24H,10H2,1-2H3,(H2,18,21)(H,20,23). The van der Waals surface area contributed by atoms with E-state index in [-0.39, 0.29) is 11.7 Å². The molecule has 2 aliphatic heterocycles. The Morgan fingerprint density at radius 2 is 2.25 bits per heavy atom. The number of nitrogens with one attached hydrogen (secondary N) is 1. The maximum absolute atomic E-state index is 12.9. The van der Waals surface area contributed by atoms with Gasteiger partial charge in [-0.3, -0.25) is 9.79 Å². The lowest BCUT2D eigenvalue weighted by molar-refractivity contribution is -0.123. The molecule has 0 radical (unpaired) electrons. The molecule has 3 rings (SSSR count). The van der Waals surface area contributed by atoms with E-state index in [2.05, 4.69) is 15.5 Å². The number of allylic oxidation sites excluding steroid dienone is 2. The maximum Gasteiger partial charge on any atom is 0.252 e. The van der Waals surface area contributed by atoms with Crippen LogP contribution in [0.1, 0.15) is 18.1 Å². The Morgan fingerprint density at radius 3 is 3.00 bits per heavy atom. The van der Waals surface area contributed by atoms with E-state index in [1.54, 1.807) is 12.1 Å². The normalized spacial score (nSPS) is 22.3. The summed E-state index contributed by atoms with van der Waals surface area (Å²) in [5.74, 6) is 0.602. The molecule has 7 heteroatoms. The second-order valence-electron chi connectivity index (χ2n) is 5.99. The van der Waals surface area contributed by atoms with Crippen LogP contribution in [0.15, 0.2) is 52.8 Å². The average Bonchev–Trinajstić information content (AvgIpc) is 2.95. The topological polar surface area (TPSA) is 103 Å². The minimum Gasteiger partial charge on any atom is -0.409 e. The predicted molar refractivity (Wildman–Crippen MR) is 93.1 cm³/mol. The molecule has 124 valence electrons. The summed E-state index contributed by atoms with van der Waals surface area (Å²) in [6.45, 7) is 4.11. The van der Waals surface area contributed by atoms with Gasteiger partial charge in [-0.05, 0) is 37.6 Å². The zero-order chi connectivity index (χ0) is 17.3. The van der Waals surface area contributed by atoms with Crippen LogP contribution in [0.2, 0.25) is 0 Å². The quantitative estimate of drug-likeness (QED) is 0.340. The van der Waals surface area contributed by atoms with Crippen molar-refractivity contribution < 1.29 is 10.0 Å². The molecule has 2 heterocycles. The lowest BCUT2D eigenvalue weighted by atomic mass is 9.99. The van der Waals surface area contributed by atoms with Gasteiger partial charge in [0.25, 0.3) is 5.91 Å². The fourth-order valence-corrected chi connectivity index (χ4v) is 2.70. The first kappa shape index (κ1) is 15.8. The molecule has 1 aromatic rings. The highest BCUT2D eigenvalue weighted by molar-refractivity contribution is 6.07. The molecule has 0 bridgehead atoms. The summed E-state index contributed by atoms with van der Waals surface area (Å²) in [5.41, 5.74) is 6.87. The molecule has 0 fully saturated rings. The van der Waals surface area contributed by atoms with E-state index in [9.17, 15) is 4.79 Å². The van der Waals surface area contributed by atoms with E-state index in [4.69, 9.17) is 10.9 Å². The number of aliphatic imine (C=N–C) groups is 1. The van der Waals surface area contributed by atoms with Crippen molar-refractivity contribution in [3.63, 3.8) is 0 Å². The van der Waals surface area contributed by atoms with E-state index < -0.39 is 5.54 Å². The van der Waals surface area contributed by atoms with Crippen LogP contribution in [0.4, 0.5) is 5.69 Å². The van der Waals surface area contributed by atoms with Crippen LogP contribution in [-0.4, -0.2) is 39.8 Å². The number of anilines is 1. The third kappa shape index (κ3) is 2.54. The molecule has 0 saturated heterocycles. The van der Waals surface area contributed by atoms with Crippen LogP contribution in [0.3, 0.4) is 0 Å². The summed E-state index contributed by atoms with van der Waals surface area (Å²) >= 11 is 0. The minimum absolute atomic E-state index is 0.00713. The number of hydrogen-bond acceptors (Lipinski definition) is 5. The summed E-state index contributed by atoms with van der Waals surface area (Å²) in [6.07, 6.45) is 7.50. The number of aryl methyl sites for hydroxylation is 1. The number of carbonyl (C=O) groups excluding carboxylic acids is 1. The first-order valence-electron chi connectivity index (χ1n) is 7.54. The van der Waals surface area contributed by atoms with Gasteiger partial charge in [-0.25, -0.2) is 0 Å². The van der Waals surface area contributed by atoms with Crippen LogP contribution < -0.4 is 11.1 Å². The van der Waals surface area contributed by atoms with Gasteiger partial charge in [0.2, 0.25) is 0 Å². The second kappa shape index (κ2) is 5.84. The highest BCUT2D eigenvalue weighted by atomic mass is 16.4. The third-order valence-corrected chi connectivity index (χ3v) is 4.30. The predicted octanol–water partition coefficient (Wildman–Crippen LogP) is 1.58. The average molecular weight is 325 g/mol. The lowest BCUT2D eigenvalue weighted by Gasteiger charge is -2.33. The smallest absolute Gasteiger partial charge is 0.252 e. The van der Waals surface area contributed by atoms with Gasteiger partial charge in [-0.15, -0.1) is 0 Å². The molecule has 1 aromatic carbocycles. The maximum atomic E-state index is 12.9. The van der Waals surface area contributed by atoms with E-state index in [0.29, 0.717) is 17.8 Å². The molecule has 7 nitrogen and oxygen atoms in total. The number of hydrogen-bond donors (Lipinski definition) is 3. The Morgan fingerprint density at radius 1 is 1.46 bits per heavy atom. The zero-order valence-corrected chi connectivity index (χ0v) is 13.5. The summed E-state index contributed by atoms with van der Waals surface area (Å²) in [6, 6.07) is 5.23. The Kier molecular flexibility index (Phi) is 3.84. The molecule has 1 atom stereocenters.